The number of methoxy groups -OCH3 is 1. The van der Waals surface area contributed by atoms with E-state index in [1.807, 2.05) is 6.07 Å². The highest BCUT2D eigenvalue weighted by Crippen LogP contribution is 2.30. The third-order valence-electron chi connectivity index (χ3n) is 3.36. The highest BCUT2D eigenvalue weighted by molar-refractivity contribution is 6.30. The predicted molar refractivity (Wildman–Crippen MR) is 79.9 cm³/mol. The Morgan fingerprint density at radius 1 is 1.19 bits per heavy atom. The van der Waals surface area contributed by atoms with Crippen LogP contribution in [0.3, 0.4) is 0 Å². The molecule has 1 unspecified atom stereocenters. The van der Waals surface area contributed by atoms with Crippen LogP contribution >= 0.6 is 11.6 Å². The molecule has 2 aromatic carbocycles. The Bertz CT molecular complexity index is 634. The lowest BCUT2D eigenvalue weighted by Gasteiger charge is -2.20. The van der Waals surface area contributed by atoms with Crippen molar-refractivity contribution in [1.29, 1.82) is 0 Å². The number of rotatable bonds is 5. The van der Waals surface area contributed by atoms with Gasteiger partial charge in [0.15, 0.2) is 0 Å². The van der Waals surface area contributed by atoms with Gasteiger partial charge >= 0.3 is 0 Å². The number of ether oxygens (including phenoxy) is 1. The Balaban J connectivity index is 2.32. The van der Waals surface area contributed by atoms with E-state index in [1.54, 1.807) is 26.3 Å². The molecule has 5 heteroatoms. The molecule has 21 heavy (non-hydrogen) atoms. The molecule has 112 valence electrons. The summed E-state index contributed by atoms with van der Waals surface area (Å²) in [7, 11) is 3.33. The van der Waals surface area contributed by atoms with Crippen LogP contribution < -0.4 is 10.1 Å². The molecule has 0 spiro atoms. The molecule has 1 atom stereocenters. The molecule has 0 aromatic heterocycles. The minimum absolute atomic E-state index is 0.169. The highest BCUT2D eigenvalue weighted by Gasteiger charge is 2.17. The van der Waals surface area contributed by atoms with Gasteiger partial charge in [0.2, 0.25) is 0 Å². The quantitative estimate of drug-likeness (QED) is 0.896. The Kier molecular flexibility index (Phi) is 5.15. The number of hydrogen-bond acceptors (Lipinski definition) is 2. The highest BCUT2D eigenvalue weighted by atomic mass is 35.5. The van der Waals surface area contributed by atoms with Gasteiger partial charge in [0.25, 0.3) is 0 Å². The van der Waals surface area contributed by atoms with Crippen LogP contribution in [-0.2, 0) is 6.42 Å². The summed E-state index contributed by atoms with van der Waals surface area (Å²) in [6.45, 7) is 0. The molecule has 0 amide bonds. The van der Waals surface area contributed by atoms with Gasteiger partial charge in [-0.05, 0) is 37.2 Å². The van der Waals surface area contributed by atoms with Gasteiger partial charge in [-0.1, -0.05) is 23.7 Å². The second-order valence-electron chi connectivity index (χ2n) is 4.67. The second-order valence-corrected chi connectivity index (χ2v) is 5.10. The Morgan fingerprint density at radius 3 is 2.57 bits per heavy atom. The van der Waals surface area contributed by atoms with Crippen LogP contribution in [0, 0.1) is 11.6 Å². The number of likely N-dealkylation sites (N-methyl/N-ethyl adjacent to an activating group) is 1. The number of benzene rings is 2. The molecule has 0 saturated heterocycles. The van der Waals surface area contributed by atoms with Crippen molar-refractivity contribution >= 4 is 11.6 Å². The van der Waals surface area contributed by atoms with E-state index in [-0.39, 0.29) is 6.04 Å². The largest absolute Gasteiger partial charge is 0.496 e. The van der Waals surface area contributed by atoms with Crippen molar-refractivity contribution in [2.75, 3.05) is 14.2 Å². The fourth-order valence-corrected chi connectivity index (χ4v) is 2.41. The molecule has 1 N–H and O–H groups in total. The first-order valence-corrected chi connectivity index (χ1v) is 6.87. The van der Waals surface area contributed by atoms with Crippen molar-refractivity contribution in [3.05, 3.63) is 64.2 Å². The third-order valence-corrected chi connectivity index (χ3v) is 3.59. The molecule has 0 aliphatic carbocycles. The van der Waals surface area contributed by atoms with Crippen LogP contribution in [0.1, 0.15) is 17.2 Å². The van der Waals surface area contributed by atoms with E-state index < -0.39 is 11.6 Å². The van der Waals surface area contributed by atoms with Gasteiger partial charge in [-0.2, -0.15) is 0 Å². The number of nitrogens with one attached hydrogen (secondary N) is 1. The molecule has 0 aliphatic heterocycles. The summed E-state index contributed by atoms with van der Waals surface area (Å²) in [4.78, 5) is 0. The molecule has 2 aromatic rings. The van der Waals surface area contributed by atoms with Crippen molar-refractivity contribution in [3.8, 4) is 5.75 Å². The Labute approximate surface area is 127 Å². The maximum Gasteiger partial charge on any atom is 0.129 e. The van der Waals surface area contributed by atoms with E-state index in [9.17, 15) is 8.78 Å². The van der Waals surface area contributed by atoms with Crippen LogP contribution in [0.2, 0.25) is 5.02 Å². The summed E-state index contributed by atoms with van der Waals surface area (Å²) in [5.41, 5.74) is 1.31. The maximum atomic E-state index is 13.8. The lowest BCUT2D eigenvalue weighted by atomic mass is 9.98. The minimum atomic E-state index is -0.582. The molecule has 0 bridgehead atoms. The van der Waals surface area contributed by atoms with E-state index in [4.69, 9.17) is 16.3 Å². The summed E-state index contributed by atoms with van der Waals surface area (Å²) in [5.74, 6) is -0.506. The SMILES string of the molecule is CNC(Cc1ccc(F)cc1F)c1ccc(Cl)cc1OC. The van der Waals surface area contributed by atoms with Gasteiger partial charge in [0.05, 0.1) is 7.11 Å². The molecule has 0 fully saturated rings. The zero-order valence-corrected chi connectivity index (χ0v) is 12.5. The number of halogens is 3. The van der Waals surface area contributed by atoms with Crippen LogP contribution in [0.5, 0.6) is 5.75 Å². The summed E-state index contributed by atoms with van der Waals surface area (Å²) >= 11 is 5.94. The van der Waals surface area contributed by atoms with E-state index in [0.29, 0.717) is 22.8 Å². The van der Waals surface area contributed by atoms with E-state index >= 15 is 0 Å². The number of hydrogen-bond donors (Lipinski definition) is 1. The fraction of sp³-hybridized carbons (Fsp3) is 0.250. The zero-order valence-electron chi connectivity index (χ0n) is 11.8. The van der Waals surface area contributed by atoms with E-state index in [0.717, 1.165) is 11.6 Å². The topological polar surface area (TPSA) is 21.3 Å². The molecule has 0 saturated carbocycles. The first-order valence-electron chi connectivity index (χ1n) is 6.49. The lowest BCUT2D eigenvalue weighted by Crippen LogP contribution is -2.20. The molecule has 2 nitrogen and oxygen atoms in total. The zero-order chi connectivity index (χ0) is 15.4. The lowest BCUT2D eigenvalue weighted by molar-refractivity contribution is 0.400. The normalized spacial score (nSPS) is 12.2. The van der Waals surface area contributed by atoms with Gasteiger partial charge in [-0.25, -0.2) is 8.78 Å². The summed E-state index contributed by atoms with van der Waals surface area (Å²) in [6.07, 6.45) is 0.376. The Morgan fingerprint density at radius 2 is 1.95 bits per heavy atom. The van der Waals surface area contributed by atoms with Crippen molar-refractivity contribution in [3.63, 3.8) is 0 Å². The molecule has 2 rings (SSSR count). The van der Waals surface area contributed by atoms with Gasteiger partial charge < -0.3 is 10.1 Å². The molecular formula is C16H16ClF2NO. The van der Waals surface area contributed by atoms with Gasteiger partial charge in [-0.3, -0.25) is 0 Å². The van der Waals surface area contributed by atoms with Crippen molar-refractivity contribution in [2.45, 2.75) is 12.5 Å². The maximum absolute atomic E-state index is 13.8. The first-order chi connectivity index (χ1) is 10.0. The van der Waals surface area contributed by atoms with E-state index in [1.165, 1.54) is 12.1 Å². The first kappa shape index (κ1) is 15.7. The molecule has 0 heterocycles. The van der Waals surface area contributed by atoms with Crippen molar-refractivity contribution in [1.82, 2.24) is 5.32 Å². The summed E-state index contributed by atoms with van der Waals surface area (Å²) in [6, 6.07) is 8.73. The Hall–Kier alpha value is -1.65. The molecule has 0 radical (unpaired) electrons. The van der Waals surface area contributed by atoms with Crippen LogP contribution in [-0.4, -0.2) is 14.2 Å². The van der Waals surface area contributed by atoms with Crippen molar-refractivity contribution < 1.29 is 13.5 Å². The monoisotopic (exact) mass is 311 g/mol. The average molecular weight is 312 g/mol. The van der Waals surface area contributed by atoms with Crippen LogP contribution in [0.25, 0.3) is 0 Å². The standard InChI is InChI=1S/C16H16ClF2NO/c1-20-15(7-10-3-5-12(18)9-14(10)19)13-6-4-11(17)8-16(13)21-2/h3-6,8-9,15,20H,7H2,1-2H3. The third kappa shape index (κ3) is 3.71. The van der Waals surface area contributed by atoms with Crippen molar-refractivity contribution in [2.24, 2.45) is 0 Å². The van der Waals surface area contributed by atoms with Gasteiger partial charge in [0, 0.05) is 22.7 Å². The van der Waals surface area contributed by atoms with Gasteiger partial charge in [-0.15, -0.1) is 0 Å². The predicted octanol–water partition coefficient (Wildman–Crippen LogP) is 4.13. The van der Waals surface area contributed by atoms with E-state index in [2.05, 4.69) is 5.32 Å². The van der Waals surface area contributed by atoms with Crippen LogP contribution in [0.4, 0.5) is 8.78 Å². The minimum Gasteiger partial charge on any atom is -0.496 e. The molecular weight excluding hydrogens is 296 g/mol. The fourth-order valence-electron chi connectivity index (χ4n) is 2.25. The second kappa shape index (κ2) is 6.87. The summed E-state index contributed by atoms with van der Waals surface area (Å²) < 4.78 is 32.1. The molecule has 0 aliphatic rings. The van der Waals surface area contributed by atoms with Gasteiger partial charge in [0.1, 0.15) is 17.4 Å². The smallest absolute Gasteiger partial charge is 0.129 e. The summed E-state index contributed by atoms with van der Waals surface area (Å²) in [5, 5.41) is 3.69. The van der Waals surface area contributed by atoms with Crippen LogP contribution in [0.15, 0.2) is 36.4 Å². The average Bonchev–Trinajstić information content (AvgIpc) is 2.47.